The number of hydrogen-bond donors (Lipinski definition) is 1. The summed E-state index contributed by atoms with van der Waals surface area (Å²) >= 11 is 6.36. The van der Waals surface area contributed by atoms with Crippen molar-refractivity contribution in [3.05, 3.63) is 69.9 Å². The summed E-state index contributed by atoms with van der Waals surface area (Å²) in [5.41, 5.74) is 2.66. The number of sulfone groups is 1. The van der Waals surface area contributed by atoms with Crippen LogP contribution in [0.5, 0.6) is 0 Å². The minimum absolute atomic E-state index is 0.121. The molecule has 1 fully saturated rings. The molecule has 1 aliphatic carbocycles. The number of benzene rings is 2. The first-order valence-corrected chi connectivity index (χ1v) is 11.5. The number of fused-ring (bicyclic) bond motifs is 1. The first kappa shape index (κ1) is 19.4. The van der Waals surface area contributed by atoms with Crippen molar-refractivity contribution in [3.63, 3.8) is 0 Å². The minimum Gasteiger partial charge on any atom is -0.361 e. The molecule has 3 aromatic rings. The zero-order valence-corrected chi connectivity index (χ0v) is 17.0. The van der Waals surface area contributed by atoms with Gasteiger partial charge in [-0.15, -0.1) is 0 Å². The maximum Gasteiger partial charge on any atom is 0.151 e. The first-order chi connectivity index (χ1) is 13.1. The van der Waals surface area contributed by atoms with E-state index in [1.807, 2.05) is 0 Å². The smallest absolute Gasteiger partial charge is 0.151 e. The van der Waals surface area contributed by atoms with Gasteiger partial charge in [-0.1, -0.05) is 24.6 Å². The molecule has 0 aliphatic heterocycles. The Morgan fingerprint density at radius 3 is 2.50 bits per heavy atom. The molecule has 0 radical (unpaired) electrons. The Hall–Kier alpha value is -1.92. The zero-order chi connectivity index (χ0) is 20.2. The highest BCUT2D eigenvalue weighted by Crippen LogP contribution is 2.53. The van der Waals surface area contributed by atoms with E-state index in [1.165, 1.54) is 24.3 Å². The van der Waals surface area contributed by atoms with Gasteiger partial charge in [0, 0.05) is 28.8 Å². The summed E-state index contributed by atoms with van der Waals surface area (Å²) < 4.78 is 51.4. The third-order valence-corrected chi connectivity index (χ3v) is 6.68. The van der Waals surface area contributed by atoms with Gasteiger partial charge in [0.1, 0.15) is 11.6 Å². The number of hydrogen-bond acceptors (Lipinski definition) is 2. The molecule has 2 aromatic carbocycles. The second kappa shape index (κ2) is 6.85. The summed E-state index contributed by atoms with van der Waals surface area (Å²) in [4.78, 5) is 3.14. The zero-order valence-electron chi connectivity index (χ0n) is 15.5. The van der Waals surface area contributed by atoms with Gasteiger partial charge in [-0.05, 0) is 59.2 Å². The molecule has 3 atom stereocenters. The lowest BCUT2D eigenvalue weighted by atomic mass is 9.86. The first-order valence-electron chi connectivity index (χ1n) is 9.06. The van der Waals surface area contributed by atoms with Crippen LogP contribution in [0.1, 0.15) is 36.0 Å². The van der Waals surface area contributed by atoms with Crippen LogP contribution in [0.2, 0.25) is 5.02 Å². The third-order valence-electron chi connectivity index (χ3n) is 5.52. The van der Waals surface area contributed by atoms with Crippen LogP contribution < -0.4 is 0 Å². The second-order valence-electron chi connectivity index (χ2n) is 7.82. The van der Waals surface area contributed by atoms with E-state index in [-0.39, 0.29) is 11.7 Å². The molecule has 0 bridgehead atoms. The molecule has 28 heavy (non-hydrogen) atoms. The van der Waals surface area contributed by atoms with E-state index in [0.29, 0.717) is 33.3 Å². The van der Waals surface area contributed by atoms with Crippen molar-refractivity contribution in [3.8, 4) is 0 Å². The Labute approximate surface area is 167 Å². The number of halogens is 3. The minimum atomic E-state index is -3.32. The van der Waals surface area contributed by atoms with Crippen molar-refractivity contribution in [2.24, 2.45) is 11.8 Å². The molecule has 4 rings (SSSR count). The molecule has 1 aliphatic rings. The van der Waals surface area contributed by atoms with Crippen LogP contribution in [-0.4, -0.2) is 19.7 Å². The van der Waals surface area contributed by atoms with E-state index < -0.39 is 21.5 Å². The number of nitrogens with one attached hydrogen (secondary N) is 1. The van der Waals surface area contributed by atoms with Gasteiger partial charge in [0.05, 0.1) is 11.3 Å². The van der Waals surface area contributed by atoms with Gasteiger partial charge in [0.15, 0.2) is 9.84 Å². The second-order valence-corrected chi connectivity index (χ2v) is 10.4. The average molecular weight is 424 g/mol. The van der Waals surface area contributed by atoms with Gasteiger partial charge >= 0.3 is 0 Å². The lowest BCUT2D eigenvalue weighted by Crippen LogP contribution is -2.06. The monoisotopic (exact) mass is 423 g/mol. The van der Waals surface area contributed by atoms with Gasteiger partial charge in [-0.25, -0.2) is 17.2 Å². The highest BCUT2D eigenvalue weighted by Gasteiger charge is 2.42. The summed E-state index contributed by atoms with van der Waals surface area (Å²) in [6.45, 7) is 2.14. The Morgan fingerprint density at radius 1 is 1.18 bits per heavy atom. The number of rotatable bonds is 5. The fourth-order valence-electron chi connectivity index (χ4n) is 4.14. The molecular weight excluding hydrogens is 404 g/mol. The van der Waals surface area contributed by atoms with Gasteiger partial charge in [0.2, 0.25) is 0 Å². The Bertz CT molecular complexity index is 1170. The van der Waals surface area contributed by atoms with Crippen molar-refractivity contribution < 1.29 is 17.2 Å². The van der Waals surface area contributed by atoms with Crippen LogP contribution in [0.15, 0.2) is 36.5 Å². The van der Waals surface area contributed by atoms with Crippen LogP contribution in [0.25, 0.3) is 10.9 Å². The molecule has 3 unspecified atom stereocenters. The van der Waals surface area contributed by atoms with Crippen LogP contribution in [0.3, 0.4) is 0 Å². The van der Waals surface area contributed by atoms with Crippen molar-refractivity contribution in [2.75, 3.05) is 6.26 Å². The summed E-state index contributed by atoms with van der Waals surface area (Å²) in [5, 5.41) is 0.981. The fourth-order valence-corrected chi connectivity index (χ4v) is 5.22. The van der Waals surface area contributed by atoms with Gasteiger partial charge in [-0.2, -0.15) is 0 Å². The van der Waals surface area contributed by atoms with Gasteiger partial charge in [0.25, 0.3) is 0 Å². The van der Waals surface area contributed by atoms with Crippen LogP contribution in [0.4, 0.5) is 8.78 Å². The van der Waals surface area contributed by atoms with Crippen LogP contribution in [-0.2, 0) is 15.6 Å². The van der Waals surface area contributed by atoms with E-state index in [0.717, 1.165) is 23.8 Å². The number of aromatic nitrogens is 1. The van der Waals surface area contributed by atoms with Crippen molar-refractivity contribution in [1.29, 1.82) is 0 Å². The molecule has 7 heteroatoms. The molecule has 0 saturated heterocycles. The van der Waals surface area contributed by atoms with E-state index in [9.17, 15) is 17.2 Å². The summed E-state index contributed by atoms with van der Waals surface area (Å²) in [7, 11) is -3.32. The SMILES string of the molecule is CC1CC1C(c1ccc(F)cc1Cl)c1c[nH]c2c(CS(C)(=O)=O)cc(F)cc12. The van der Waals surface area contributed by atoms with E-state index in [4.69, 9.17) is 11.6 Å². The summed E-state index contributed by atoms with van der Waals surface area (Å²) in [5.74, 6) is -0.478. The summed E-state index contributed by atoms with van der Waals surface area (Å²) in [6.07, 6.45) is 3.92. The molecule has 148 valence electrons. The Morgan fingerprint density at radius 2 is 1.89 bits per heavy atom. The van der Waals surface area contributed by atoms with Crippen molar-refractivity contribution in [2.45, 2.75) is 25.0 Å². The van der Waals surface area contributed by atoms with E-state index in [2.05, 4.69) is 11.9 Å². The maximum absolute atomic E-state index is 14.3. The standard InChI is InChI=1S/C21H20ClF2NO2S/c1-11-5-16(11)20(15-4-3-13(23)8-19(15)22)18-9-25-21-12(10-28(2,26)27)6-14(24)7-17(18)21/h3-4,6-9,11,16,20,25H,5,10H2,1-2H3. The summed E-state index contributed by atoms with van der Waals surface area (Å²) in [6, 6.07) is 7.03. The largest absolute Gasteiger partial charge is 0.361 e. The van der Waals surface area contributed by atoms with Gasteiger partial charge < -0.3 is 4.98 Å². The normalized spacial score (nSPS) is 20.5. The number of aromatic amines is 1. The molecule has 0 amide bonds. The van der Waals surface area contributed by atoms with Crippen LogP contribution >= 0.6 is 11.6 Å². The van der Waals surface area contributed by atoms with Crippen LogP contribution in [0, 0.1) is 23.5 Å². The lowest BCUT2D eigenvalue weighted by molar-refractivity contribution is 0.600. The quantitative estimate of drug-likeness (QED) is 0.594. The highest BCUT2D eigenvalue weighted by molar-refractivity contribution is 7.89. The molecule has 1 N–H and O–H groups in total. The number of H-pyrrole nitrogens is 1. The Balaban J connectivity index is 1.90. The Kier molecular flexibility index (Phi) is 4.74. The molecule has 1 heterocycles. The molecule has 3 nitrogen and oxygen atoms in total. The van der Waals surface area contributed by atoms with Crippen molar-refractivity contribution >= 4 is 32.3 Å². The van der Waals surface area contributed by atoms with Crippen molar-refractivity contribution in [1.82, 2.24) is 4.98 Å². The van der Waals surface area contributed by atoms with E-state index in [1.54, 1.807) is 12.3 Å². The topological polar surface area (TPSA) is 49.9 Å². The predicted molar refractivity (Wildman–Crippen MR) is 107 cm³/mol. The predicted octanol–water partition coefficient (Wildman–Crippen LogP) is 5.43. The third kappa shape index (κ3) is 3.67. The van der Waals surface area contributed by atoms with E-state index >= 15 is 0 Å². The fraction of sp³-hybridized carbons (Fsp3) is 0.333. The highest BCUT2D eigenvalue weighted by atomic mass is 35.5. The molecular formula is C21H20ClF2NO2S. The maximum atomic E-state index is 14.3. The van der Waals surface area contributed by atoms with Gasteiger partial charge in [-0.3, -0.25) is 0 Å². The molecule has 1 saturated carbocycles. The molecule has 1 aromatic heterocycles. The average Bonchev–Trinajstić information content (AvgIpc) is 3.12. The molecule has 0 spiro atoms. The lowest BCUT2D eigenvalue weighted by Gasteiger charge is -2.19.